The molecular formula is C37H30N6O2. The summed E-state index contributed by atoms with van der Waals surface area (Å²) in [6, 6.07) is 41.3. The normalized spacial score (nSPS) is 11.0. The zero-order valence-corrected chi connectivity index (χ0v) is 24.4. The minimum atomic E-state index is -0.182. The molecule has 0 saturated carbocycles. The Morgan fingerprint density at radius 2 is 1.51 bits per heavy atom. The van der Waals surface area contributed by atoms with Crippen LogP contribution in [0.4, 0.5) is 17.3 Å². The fourth-order valence-corrected chi connectivity index (χ4v) is 5.14. The molecule has 0 radical (unpaired) electrons. The lowest BCUT2D eigenvalue weighted by molar-refractivity contribution is 0.102. The van der Waals surface area contributed by atoms with Gasteiger partial charge in [0.2, 0.25) is 5.95 Å². The quantitative estimate of drug-likeness (QED) is 0.160. The molecule has 5 aromatic carbocycles. The van der Waals surface area contributed by atoms with E-state index in [1.165, 1.54) is 0 Å². The number of carbonyl (C=O) groups excluding carboxylic acids is 1. The molecule has 7 aromatic rings. The lowest BCUT2D eigenvalue weighted by Gasteiger charge is -2.12. The molecule has 2 heterocycles. The average molecular weight is 591 g/mol. The zero-order valence-electron chi connectivity index (χ0n) is 24.4. The van der Waals surface area contributed by atoms with E-state index in [0.717, 1.165) is 50.1 Å². The molecule has 220 valence electrons. The van der Waals surface area contributed by atoms with Gasteiger partial charge in [0.05, 0.1) is 17.4 Å². The van der Waals surface area contributed by atoms with E-state index in [0.29, 0.717) is 30.4 Å². The zero-order chi connectivity index (χ0) is 30.6. The average Bonchev–Trinajstić information content (AvgIpc) is 3.58. The summed E-state index contributed by atoms with van der Waals surface area (Å²) in [4.78, 5) is 17.6. The van der Waals surface area contributed by atoms with Crippen molar-refractivity contribution in [2.75, 3.05) is 10.6 Å². The number of rotatable bonds is 9. The van der Waals surface area contributed by atoms with Gasteiger partial charge in [-0.3, -0.25) is 4.79 Å². The van der Waals surface area contributed by atoms with Gasteiger partial charge in [-0.2, -0.15) is 5.10 Å². The van der Waals surface area contributed by atoms with Gasteiger partial charge in [-0.1, -0.05) is 60.7 Å². The minimum absolute atomic E-state index is 0.182. The molecule has 4 N–H and O–H groups in total. The Bertz CT molecular complexity index is 2110. The van der Waals surface area contributed by atoms with Crippen LogP contribution in [-0.2, 0) is 13.2 Å². The Morgan fingerprint density at radius 3 is 2.31 bits per heavy atom. The van der Waals surface area contributed by atoms with Crippen molar-refractivity contribution in [3.05, 3.63) is 150 Å². The minimum Gasteiger partial charge on any atom is -0.489 e. The molecule has 8 nitrogen and oxygen atoms in total. The van der Waals surface area contributed by atoms with Crippen LogP contribution in [0.3, 0.4) is 0 Å². The van der Waals surface area contributed by atoms with Crippen LogP contribution < -0.4 is 21.1 Å². The first-order valence-corrected chi connectivity index (χ1v) is 14.6. The molecular weight excluding hydrogens is 560 g/mol. The summed E-state index contributed by atoms with van der Waals surface area (Å²) >= 11 is 0. The molecule has 0 bridgehead atoms. The van der Waals surface area contributed by atoms with Crippen molar-refractivity contribution in [3.63, 3.8) is 0 Å². The fourth-order valence-electron chi connectivity index (χ4n) is 5.14. The number of aromatic nitrogens is 3. The molecule has 7 rings (SSSR count). The van der Waals surface area contributed by atoms with Crippen LogP contribution >= 0.6 is 0 Å². The topological polar surface area (TPSA) is 107 Å². The number of fused-ring (bicyclic) bond motifs is 2. The molecule has 2 aromatic heterocycles. The smallest absolute Gasteiger partial charge is 0.255 e. The summed E-state index contributed by atoms with van der Waals surface area (Å²) in [5.74, 6) is 1.23. The third-order valence-corrected chi connectivity index (χ3v) is 7.59. The molecule has 0 unspecified atom stereocenters. The number of benzene rings is 5. The Balaban J connectivity index is 1.08. The van der Waals surface area contributed by atoms with Crippen molar-refractivity contribution in [3.8, 4) is 17.0 Å². The molecule has 0 saturated heterocycles. The van der Waals surface area contributed by atoms with Gasteiger partial charge < -0.3 is 21.1 Å². The number of ether oxygens (including phenoxy) is 1. The summed E-state index contributed by atoms with van der Waals surface area (Å²) in [6.07, 6.45) is 1.75. The van der Waals surface area contributed by atoms with Gasteiger partial charge in [0, 0.05) is 29.0 Å². The second-order valence-electron chi connectivity index (χ2n) is 10.7. The number of carbonyl (C=O) groups is 1. The molecule has 8 heteroatoms. The highest BCUT2D eigenvalue weighted by Crippen LogP contribution is 2.29. The highest BCUT2D eigenvalue weighted by Gasteiger charge is 2.11. The second kappa shape index (κ2) is 12.3. The standard InChI is InChI=1S/C37H30N6O2/c38-23-25-6-8-27(9-7-25)36(44)40-31-13-15-32(16-14-31)41-37-42-35(22-33-18-19-39-43(33)37)30-11-10-29-21-34(17-12-28(29)20-30)45-24-26-4-2-1-3-5-26/h1-22H,23-24,38H2,(H,40,44)(H,41,42). The summed E-state index contributed by atoms with van der Waals surface area (Å²) < 4.78 is 7.79. The van der Waals surface area contributed by atoms with Crippen LogP contribution in [0.15, 0.2) is 134 Å². The number of anilines is 3. The van der Waals surface area contributed by atoms with Crippen LogP contribution in [0.1, 0.15) is 21.5 Å². The maximum absolute atomic E-state index is 12.7. The second-order valence-corrected chi connectivity index (χ2v) is 10.7. The van der Waals surface area contributed by atoms with Gasteiger partial charge in [-0.15, -0.1) is 0 Å². The van der Waals surface area contributed by atoms with Crippen molar-refractivity contribution in [2.24, 2.45) is 5.73 Å². The Kier molecular flexibility index (Phi) is 7.62. The Labute approximate surface area is 260 Å². The largest absolute Gasteiger partial charge is 0.489 e. The van der Waals surface area contributed by atoms with Gasteiger partial charge in [0.1, 0.15) is 12.4 Å². The predicted octanol–water partition coefficient (Wildman–Crippen LogP) is 7.58. The van der Waals surface area contributed by atoms with E-state index in [-0.39, 0.29) is 5.91 Å². The van der Waals surface area contributed by atoms with Gasteiger partial charge in [0.15, 0.2) is 0 Å². The van der Waals surface area contributed by atoms with Gasteiger partial charge in [-0.25, -0.2) is 9.50 Å². The third-order valence-electron chi connectivity index (χ3n) is 7.59. The molecule has 0 spiro atoms. The Hall–Kier alpha value is -5.99. The highest BCUT2D eigenvalue weighted by molar-refractivity contribution is 6.04. The number of hydrogen-bond acceptors (Lipinski definition) is 6. The summed E-state index contributed by atoms with van der Waals surface area (Å²) in [6.45, 7) is 0.963. The van der Waals surface area contributed by atoms with E-state index in [1.54, 1.807) is 22.8 Å². The third kappa shape index (κ3) is 6.22. The summed E-state index contributed by atoms with van der Waals surface area (Å²) in [5, 5.41) is 13.0. The van der Waals surface area contributed by atoms with E-state index < -0.39 is 0 Å². The number of nitrogens with zero attached hydrogens (tertiary/aromatic N) is 3. The van der Waals surface area contributed by atoms with E-state index in [9.17, 15) is 4.79 Å². The van der Waals surface area contributed by atoms with Crippen LogP contribution in [0, 0.1) is 0 Å². The van der Waals surface area contributed by atoms with E-state index in [2.05, 4.69) is 58.2 Å². The number of hydrogen-bond donors (Lipinski definition) is 3. The molecule has 0 aliphatic heterocycles. The first kappa shape index (κ1) is 27.8. The van der Waals surface area contributed by atoms with Crippen LogP contribution in [-0.4, -0.2) is 20.5 Å². The molecule has 0 atom stereocenters. The number of nitrogens with one attached hydrogen (secondary N) is 2. The predicted molar refractivity (Wildman–Crippen MR) is 179 cm³/mol. The van der Waals surface area contributed by atoms with Crippen molar-refractivity contribution < 1.29 is 9.53 Å². The summed E-state index contributed by atoms with van der Waals surface area (Å²) in [7, 11) is 0. The molecule has 1 amide bonds. The van der Waals surface area contributed by atoms with Crippen molar-refractivity contribution in [1.82, 2.24) is 14.6 Å². The van der Waals surface area contributed by atoms with Gasteiger partial charge in [-0.05, 0) is 88.6 Å². The summed E-state index contributed by atoms with van der Waals surface area (Å²) in [5.41, 5.74) is 12.6. The van der Waals surface area contributed by atoms with Crippen LogP contribution in [0.5, 0.6) is 5.75 Å². The molecule has 0 fully saturated rings. The fraction of sp³-hybridized carbons (Fsp3) is 0.0541. The monoisotopic (exact) mass is 590 g/mol. The first-order chi connectivity index (χ1) is 22.1. The van der Waals surface area contributed by atoms with Crippen molar-refractivity contribution in [2.45, 2.75) is 13.2 Å². The molecule has 0 aliphatic rings. The molecule has 0 aliphatic carbocycles. The first-order valence-electron chi connectivity index (χ1n) is 14.6. The maximum atomic E-state index is 12.7. The van der Waals surface area contributed by atoms with Crippen LogP contribution in [0.2, 0.25) is 0 Å². The van der Waals surface area contributed by atoms with E-state index >= 15 is 0 Å². The number of nitrogens with two attached hydrogens (primary N) is 1. The lowest BCUT2D eigenvalue weighted by Crippen LogP contribution is -2.12. The molecule has 45 heavy (non-hydrogen) atoms. The number of amides is 1. The van der Waals surface area contributed by atoms with Crippen molar-refractivity contribution in [1.29, 1.82) is 0 Å². The van der Waals surface area contributed by atoms with E-state index in [1.807, 2.05) is 72.8 Å². The SMILES string of the molecule is NCc1ccc(C(=O)Nc2ccc(Nc3nc(-c4ccc5cc(OCc6ccccc6)ccc5c4)cc4ccnn34)cc2)cc1. The van der Waals surface area contributed by atoms with Crippen molar-refractivity contribution >= 4 is 39.5 Å². The van der Waals surface area contributed by atoms with E-state index in [4.69, 9.17) is 15.5 Å². The Morgan fingerprint density at radius 1 is 0.756 bits per heavy atom. The highest BCUT2D eigenvalue weighted by atomic mass is 16.5. The van der Waals surface area contributed by atoms with Gasteiger partial charge in [0.25, 0.3) is 5.91 Å². The lowest BCUT2D eigenvalue weighted by atomic mass is 10.0. The van der Waals surface area contributed by atoms with Crippen LogP contribution in [0.25, 0.3) is 27.5 Å². The van der Waals surface area contributed by atoms with Gasteiger partial charge >= 0.3 is 0 Å². The maximum Gasteiger partial charge on any atom is 0.255 e.